The molecule has 0 radical (unpaired) electrons. The van der Waals surface area contributed by atoms with E-state index in [4.69, 9.17) is 22.7 Å². The molecule has 0 spiro atoms. The Morgan fingerprint density at radius 2 is 2.11 bits per heavy atom. The van der Waals surface area contributed by atoms with Gasteiger partial charge in [0.15, 0.2) is 17.3 Å². The molecule has 0 unspecified atom stereocenters. The average Bonchev–Trinajstić information content (AvgIpc) is 2.33. The summed E-state index contributed by atoms with van der Waals surface area (Å²) in [5.74, 6) is -0.0722. The van der Waals surface area contributed by atoms with Gasteiger partial charge in [0.1, 0.15) is 4.99 Å². The fourth-order valence-corrected chi connectivity index (χ4v) is 1.84. The monoisotopic (exact) mass is 326 g/mol. The lowest BCUT2D eigenvalue weighted by Crippen LogP contribution is -2.11. The number of thiocarbonyl (C=S) groups is 1. The number of halogens is 2. The van der Waals surface area contributed by atoms with E-state index in [9.17, 15) is 4.39 Å². The molecule has 1 aromatic carbocycles. The van der Waals surface area contributed by atoms with Crippen molar-refractivity contribution in [3.63, 3.8) is 0 Å². The highest BCUT2D eigenvalue weighted by atomic mass is 79.9. The molecule has 2 rings (SSSR count). The summed E-state index contributed by atoms with van der Waals surface area (Å²) >= 11 is 8.06. The van der Waals surface area contributed by atoms with Crippen LogP contribution in [0.2, 0.25) is 0 Å². The lowest BCUT2D eigenvalue weighted by atomic mass is 10.2. The van der Waals surface area contributed by atoms with Crippen molar-refractivity contribution in [3.8, 4) is 11.5 Å². The second-order valence-electron chi connectivity index (χ2n) is 3.41. The summed E-state index contributed by atoms with van der Waals surface area (Å²) in [4.78, 5) is 4.07. The summed E-state index contributed by atoms with van der Waals surface area (Å²) < 4.78 is 19.7. The van der Waals surface area contributed by atoms with Crippen molar-refractivity contribution in [1.29, 1.82) is 0 Å². The highest BCUT2D eigenvalue weighted by Gasteiger charge is 2.10. The van der Waals surface area contributed by atoms with Crippen LogP contribution in [0.4, 0.5) is 4.39 Å². The molecule has 0 aliphatic carbocycles. The smallest absolute Gasteiger partial charge is 0.166 e. The van der Waals surface area contributed by atoms with Gasteiger partial charge in [-0.2, -0.15) is 0 Å². The Kier molecular flexibility index (Phi) is 3.88. The van der Waals surface area contributed by atoms with E-state index >= 15 is 0 Å². The van der Waals surface area contributed by atoms with Crippen LogP contribution < -0.4 is 10.5 Å². The molecule has 92 valence electrons. The number of hydrogen-bond acceptors (Lipinski definition) is 3. The maximum atomic E-state index is 13.6. The molecule has 0 saturated heterocycles. The van der Waals surface area contributed by atoms with Crippen molar-refractivity contribution in [3.05, 3.63) is 52.5 Å². The predicted octanol–water partition coefficient (Wildman–Crippen LogP) is 3.41. The molecular formula is C12H8BrFN2OS. The number of nitrogens with two attached hydrogens (primary N) is 1. The molecule has 6 heteroatoms. The Morgan fingerprint density at radius 3 is 2.78 bits per heavy atom. The summed E-state index contributed by atoms with van der Waals surface area (Å²) in [7, 11) is 0. The van der Waals surface area contributed by atoms with Crippen LogP contribution in [0.1, 0.15) is 5.56 Å². The first-order valence-electron chi connectivity index (χ1n) is 4.94. The summed E-state index contributed by atoms with van der Waals surface area (Å²) in [5, 5.41) is 0. The molecule has 0 aliphatic rings. The summed E-state index contributed by atoms with van der Waals surface area (Å²) in [6.45, 7) is 0. The highest BCUT2D eigenvalue weighted by molar-refractivity contribution is 9.10. The number of hydrogen-bond donors (Lipinski definition) is 1. The zero-order valence-electron chi connectivity index (χ0n) is 9.06. The van der Waals surface area contributed by atoms with Crippen LogP contribution in [0.3, 0.4) is 0 Å². The second kappa shape index (κ2) is 5.41. The molecule has 0 bridgehead atoms. The van der Waals surface area contributed by atoms with Crippen molar-refractivity contribution in [2.45, 2.75) is 0 Å². The molecule has 0 saturated carbocycles. The third kappa shape index (κ3) is 2.83. The highest BCUT2D eigenvalue weighted by Crippen LogP contribution is 2.28. The van der Waals surface area contributed by atoms with E-state index in [-0.39, 0.29) is 10.7 Å². The SMILES string of the molecule is NC(=S)c1ccncc1Oc1ccc(Br)cc1F. The van der Waals surface area contributed by atoms with E-state index in [1.807, 2.05) is 0 Å². The van der Waals surface area contributed by atoms with Crippen LogP contribution in [-0.2, 0) is 0 Å². The van der Waals surface area contributed by atoms with Crippen LogP contribution >= 0.6 is 28.1 Å². The van der Waals surface area contributed by atoms with E-state index in [0.717, 1.165) is 0 Å². The lowest BCUT2D eigenvalue weighted by Gasteiger charge is -2.10. The minimum Gasteiger partial charge on any atom is -0.452 e. The van der Waals surface area contributed by atoms with Crippen molar-refractivity contribution in [2.24, 2.45) is 5.73 Å². The molecule has 18 heavy (non-hydrogen) atoms. The Bertz CT molecular complexity index is 606. The van der Waals surface area contributed by atoms with Crippen LogP contribution in [0, 0.1) is 5.82 Å². The van der Waals surface area contributed by atoms with Crippen molar-refractivity contribution in [2.75, 3.05) is 0 Å². The van der Waals surface area contributed by atoms with Crippen LogP contribution in [-0.4, -0.2) is 9.97 Å². The van der Waals surface area contributed by atoms with Crippen LogP contribution in [0.25, 0.3) is 0 Å². The minimum atomic E-state index is -0.484. The third-order valence-corrected chi connectivity index (χ3v) is 2.88. The van der Waals surface area contributed by atoms with Crippen molar-refractivity contribution < 1.29 is 9.13 Å². The van der Waals surface area contributed by atoms with Gasteiger partial charge in [0.2, 0.25) is 0 Å². The minimum absolute atomic E-state index is 0.0868. The summed E-state index contributed by atoms with van der Waals surface area (Å²) in [6, 6.07) is 6.12. The molecule has 1 aromatic heterocycles. The Hall–Kier alpha value is -1.53. The molecule has 3 nitrogen and oxygen atoms in total. The zero-order chi connectivity index (χ0) is 13.1. The maximum Gasteiger partial charge on any atom is 0.166 e. The quantitative estimate of drug-likeness (QED) is 0.878. The second-order valence-corrected chi connectivity index (χ2v) is 4.77. The predicted molar refractivity (Wildman–Crippen MR) is 74.3 cm³/mol. The number of aromatic nitrogens is 1. The van der Waals surface area contributed by atoms with E-state index < -0.39 is 5.82 Å². The molecule has 2 aromatic rings. The molecule has 0 fully saturated rings. The standard InChI is InChI=1S/C12H8BrFN2OS/c13-7-1-2-10(9(14)5-7)17-11-6-16-4-3-8(11)12(15)18/h1-6H,(H2,15,18). The first-order valence-corrected chi connectivity index (χ1v) is 6.15. The van der Waals surface area contributed by atoms with Gasteiger partial charge in [0.25, 0.3) is 0 Å². The fourth-order valence-electron chi connectivity index (χ4n) is 1.34. The fraction of sp³-hybridized carbons (Fsp3) is 0. The van der Waals surface area contributed by atoms with Gasteiger partial charge in [-0.15, -0.1) is 0 Å². The molecular weight excluding hydrogens is 319 g/mol. The largest absolute Gasteiger partial charge is 0.452 e. The lowest BCUT2D eigenvalue weighted by molar-refractivity contribution is 0.439. The summed E-state index contributed by atoms with van der Waals surface area (Å²) in [5.41, 5.74) is 6.07. The van der Waals surface area contributed by atoms with Gasteiger partial charge in [-0.1, -0.05) is 28.1 Å². The van der Waals surface area contributed by atoms with Gasteiger partial charge >= 0.3 is 0 Å². The third-order valence-electron chi connectivity index (χ3n) is 2.16. The number of pyridine rings is 1. The van der Waals surface area contributed by atoms with Gasteiger partial charge in [-0.25, -0.2) is 4.39 Å². The molecule has 0 atom stereocenters. The maximum absolute atomic E-state index is 13.6. The molecule has 1 heterocycles. The number of nitrogens with zero attached hydrogens (tertiary/aromatic N) is 1. The number of ether oxygens (including phenoxy) is 1. The van der Waals surface area contributed by atoms with Crippen molar-refractivity contribution in [1.82, 2.24) is 4.98 Å². The van der Waals surface area contributed by atoms with Gasteiger partial charge in [0.05, 0.1) is 11.8 Å². The first kappa shape index (κ1) is 12.9. The molecule has 2 N–H and O–H groups in total. The Morgan fingerprint density at radius 1 is 1.33 bits per heavy atom. The molecule has 0 amide bonds. The number of benzene rings is 1. The van der Waals surface area contributed by atoms with Crippen LogP contribution in [0.15, 0.2) is 41.1 Å². The number of rotatable bonds is 3. The average molecular weight is 327 g/mol. The zero-order valence-corrected chi connectivity index (χ0v) is 11.5. The van der Waals surface area contributed by atoms with E-state index in [2.05, 4.69) is 20.9 Å². The Balaban J connectivity index is 2.37. The van der Waals surface area contributed by atoms with Crippen molar-refractivity contribution >= 4 is 33.1 Å². The first-order chi connectivity index (χ1) is 8.58. The van der Waals surface area contributed by atoms with E-state index in [0.29, 0.717) is 15.8 Å². The topological polar surface area (TPSA) is 48.1 Å². The summed E-state index contributed by atoms with van der Waals surface area (Å²) in [6.07, 6.45) is 2.98. The van der Waals surface area contributed by atoms with Crippen LogP contribution in [0.5, 0.6) is 11.5 Å². The van der Waals surface area contributed by atoms with Gasteiger partial charge in [-0.3, -0.25) is 4.98 Å². The van der Waals surface area contributed by atoms with E-state index in [1.165, 1.54) is 18.3 Å². The van der Waals surface area contributed by atoms with Gasteiger partial charge in [0, 0.05) is 10.7 Å². The normalized spacial score (nSPS) is 10.1. The molecule has 0 aliphatic heterocycles. The Labute approximate surface area is 117 Å². The van der Waals surface area contributed by atoms with Gasteiger partial charge in [-0.05, 0) is 24.3 Å². The van der Waals surface area contributed by atoms with E-state index in [1.54, 1.807) is 18.3 Å². The van der Waals surface area contributed by atoms with Gasteiger partial charge < -0.3 is 10.5 Å².